The average molecular weight is 168 g/mol. The van der Waals surface area contributed by atoms with Crippen LogP contribution in [0.5, 0.6) is 0 Å². The van der Waals surface area contributed by atoms with Crippen LogP contribution in [0, 0.1) is 11.3 Å². The number of hydrogen-bond donors (Lipinski definition) is 0. The van der Waals surface area contributed by atoms with Gasteiger partial charge in [0.05, 0.1) is 6.61 Å². The molecule has 12 heavy (non-hydrogen) atoms. The minimum Gasteiger partial charge on any atom is -0.462 e. The second-order valence-corrected chi connectivity index (χ2v) is 4.33. The van der Waals surface area contributed by atoms with Gasteiger partial charge in [0.2, 0.25) is 0 Å². The van der Waals surface area contributed by atoms with Crippen LogP contribution in [0.1, 0.15) is 27.2 Å². The Morgan fingerprint density at radius 2 is 2.17 bits per heavy atom. The summed E-state index contributed by atoms with van der Waals surface area (Å²) < 4.78 is 5.02. The smallest absolute Gasteiger partial charge is 0.330 e. The Morgan fingerprint density at radius 1 is 1.50 bits per heavy atom. The first kappa shape index (κ1) is 9.30. The summed E-state index contributed by atoms with van der Waals surface area (Å²) in [4.78, 5) is 10.8. The van der Waals surface area contributed by atoms with Gasteiger partial charge in [0.1, 0.15) is 0 Å². The molecule has 0 aromatic carbocycles. The molecule has 0 unspecified atom stereocenters. The summed E-state index contributed by atoms with van der Waals surface area (Å²) >= 11 is 0. The lowest BCUT2D eigenvalue weighted by molar-refractivity contribution is -0.139. The zero-order valence-electron chi connectivity index (χ0n) is 7.96. The summed E-state index contributed by atoms with van der Waals surface area (Å²) in [7, 11) is 0. The SMILES string of the molecule is CC(C)(C)[C@H]1CC=CC(=O)OC1. The summed E-state index contributed by atoms with van der Waals surface area (Å²) in [5.41, 5.74) is 0.217. The van der Waals surface area contributed by atoms with Crippen LogP contribution in [0.15, 0.2) is 12.2 Å². The summed E-state index contributed by atoms with van der Waals surface area (Å²) in [6, 6.07) is 0. The van der Waals surface area contributed by atoms with Gasteiger partial charge in [-0.05, 0) is 11.8 Å². The van der Waals surface area contributed by atoms with Gasteiger partial charge in [0, 0.05) is 12.0 Å². The maximum Gasteiger partial charge on any atom is 0.330 e. The van der Waals surface area contributed by atoms with Gasteiger partial charge >= 0.3 is 5.97 Å². The van der Waals surface area contributed by atoms with Gasteiger partial charge in [-0.3, -0.25) is 0 Å². The van der Waals surface area contributed by atoms with Crippen LogP contribution in [0.2, 0.25) is 0 Å². The van der Waals surface area contributed by atoms with E-state index < -0.39 is 0 Å². The van der Waals surface area contributed by atoms with E-state index in [2.05, 4.69) is 20.8 Å². The van der Waals surface area contributed by atoms with Crippen molar-refractivity contribution in [1.29, 1.82) is 0 Å². The maximum absolute atomic E-state index is 10.8. The van der Waals surface area contributed by atoms with E-state index in [1.165, 1.54) is 6.08 Å². The lowest BCUT2D eigenvalue weighted by Gasteiger charge is -2.28. The van der Waals surface area contributed by atoms with Gasteiger partial charge in [-0.2, -0.15) is 0 Å². The molecule has 0 saturated heterocycles. The van der Waals surface area contributed by atoms with E-state index in [0.717, 1.165) is 6.42 Å². The monoisotopic (exact) mass is 168 g/mol. The van der Waals surface area contributed by atoms with Gasteiger partial charge in [0.25, 0.3) is 0 Å². The van der Waals surface area contributed by atoms with Crippen LogP contribution in [0.25, 0.3) is 0 Å². The summed E-state index contributed by atoms with van der Waals surface area (Å²) in [5, 5.41) is 0. The Labute approximate surface area is 73.6 Å². The standard InChI is InChI=1S/C10H16O2/c1-10(2,3)8-5-4-6-9(11)12-7-8/h4,6,8H,5,7H2,1-3H3/t8-/m0/s1. The van der Waals surface area contributed by atoms with Crippen molar-refractivity contribution in [3.8, 4) is 0 Å². The summed E-state index contributed by atoms with van der Waals surface area (Å²) in [6.07, 6.45) is 4.37. The van der Waals surface area contributed by atoms with E-state index >= 15 is 0 Å². The fourth-order valence-corrected chi connectivity index (χ4v) is 1.23. The molecule has 0 bridgehead atoms. The van der Waals surface area contributed by atoms with Gasteiger partial charge in [-0.15, -0.1) is 0 Å². The van der Waals surface area contributed by atoms with Crippen LogP contribution in [0.4, 0.5) is 0 Å². The largest absolute Gasteiger partial charge is 0.462 e. The van der Waals surface area contributed by atoms with E-state index in [1.807, 2.05) is 6.08 Å². The van der Waals surface area contributed by atoms with Crippen LogP contribution in [0.3, 0.4) is 0 Å². The topological polar surface area (TPSA) is 26.3 Å². The molecule has 1 aliphatic rings. The number of allylic oxidation sites excluding steroid dienone is 1. The molecule has 0 aromatic rings. The predicted octanol–water partition coefficient (Wildman–Crippen LogP) is 2.15. The van der Waals surface area contributed by atoms with E-state index in [9.17, 15) is 4.79 Å². The second kappa shape index (κ2) is 3.30. The first-order chi connectivity index (χ1) is 5.50. The number of hydrogen-bond acceptors (Lipinski definition) is 2. The van der Waals surface area contributed by atoms with E-state index in [1.54, 1.807) is 0 Å². The molecule has 0 amide bonds. The molecule has 0 aromatic heterocycles. The third-order valence-corrected chi connectivity index (χ3v) is 2.33. The highest BCUT2D eigenvalue weighted by molar-refractivity contribution is 5.82. The van der Waals surface area contributed by atoms with Crippen LogP contribution >= 0.6 is 0 Å². The normalized spacial score (nSPS) is 24.9. The molecule has 2 nitrogen and oxygen atoms in total. The highest BCUT2D eigenvalue weighted by Crippen LogP contribution is 2.30. The van der Waals surface area contributed by atoms with Crippen molar-refractivity contribution < 1.29 is 9.53 Å². The summed E-state index contributed by atoms with van der Waals surface area (Å²) in [5.74, 6) is 0.238. The Kier molecular flexibility index (Phi) is 2.55. The zero-order valence-corrected chi connectivity index (χ0v) is 7.96. The molecule has 0 spiro atoms. The van der Waals surface area contributed by atoms with Crippen LogP contribution in [-0.4, -0.2) is 12.6 Å². The number of carbonyl (C=O) groups excluding carboxylic acids is 1. The van der Waals surface area contributed by atoms with Gasteiger partial charge in [-0.25, -0.2) is 4.79 Å². The molecule has 1 aliphatic heterocycles. The lowest BCUT2D eigenvalue weighted by Crippen LogP contribution is -2.24. The van der Waals surface area contributed by atoms with E-state index in [4.69, 9.17) is 4.74 Å². The van der Waals surface area contributed by atoms with Gasteiger partial charge < -0.3 is 4.74 Å². The third kappa shape index (κ3) is 2.36. The Morgan fingerprint density at radius 3 is 2.75 bits per heavy atom. The fourth-order valence-electron chi connectivity index (χ4n) is 1.23. The van der Waals surface area contributed by atoms with Crippen LogP contribution < -0.4 is 0 Å². The van der Waals surface area contributed by atoms with Crippen LogP contribution in [-0.2, 0) is 9.53 Å². The van der Waals surface area contributed by atoms with Crippen molar-refractivity contribution in [1.82, 2.24) is 0 Å². The molecular weight excluding hydrogens is 152 g/mol. The maximum atomic E-state index is 10.8. The van der Waals surface area contributed by atoms with E-state index in [-0.39, 0.29) is 11.4 Å². The Balaban J connectivity index is 2.60. The minimum atomic E-state index is -0.207. The molecule has 2 heteroatoms. The van der Waals surface area contributed by atoms with Crippen molar-refractivity contribution in [3.63, 3.8) is 0 Å². The highest BCUT2D eigenvalue weighted by Gasteiger charge is 2.25. The number of esters is 1. The van der Waals surface area contributed by atoms with Crippen molar-refractivity contribution >= 4 is 5.97 Å². The van der Waals surface area contributed by atoms with Crippen molar-refractivity contribution in [2.75, 3.05) is 6.61 Å². The molecule has 0 saturated carbocycles. The van der Waals surface area contributed by atoms with Crippen molar-refractivity contribution in [2.45, 2.75) is 27.2 Å². The highest BCUT2D eigenvalue weighted by atomic mass is 16.5. The molecule has 0 fully saturated rings. The Bertz CT molecular complexity index is 198. The fraction of sp³-hybridized carbons (Fsp3) is 0.700. The van der Waals surface area contributed by atoms with E-state index in [0.29, 0.717) is 12.5 Å². The second-order valence-electron chi connectivity index (χ2n) is 4.33. The number of cyclic esters (lactones) is 1. The first-order valence-electron chi connectivity index (χ1n) is 4.33. The molecule has 0 aliphatic carbocycles. The van der Waals surface area contributed by atoms with Gasteiger partial charge in [-0.1, -0.05) is 26.8 Å². The number of rotatable bonds is 0. The van der Waals surface area contributed by atoms with Gasteiger partial charge in [0.15, 0.2) is 0 Å². The quantitative estimate of drug-likeness (QED) is 0.518. The Hall–Kier alpha value is -0.790. The minimum absolute atomic E-state index is 0.207. The molecular formula is C10H16O2. The molecule has 0 N–H and O–H groups in total. The molecule has 1 heterocycles. The predicted molar refractivity (Wildman–Crippen MR) is 47.7 cm³/mol. The molecule has 1 atom stereocenters. The first-order valence-corrected chi connectivity index (χ1v) is 4.33. The molecule has 68 valence electrons. The molecule has 0 radical (unpaired) electrons. The zero-order chi connectivity index (χ0) is 9.19. The average Bonchev–Trinajstić information content (AvgIpc) is 2.11. The lowest BCUT2D eigenvalue weighted by atomic mass is 9.79. The van der Waals surface area contributed by atoms with Crippen molar-refractivity contribution in [2.24, 2.45) is 11.3 Å². The van der Waals surface area contributed by atoms with Crippen molar-refractivity contribution in [3.05, 3.63) is 12.2 Å². The number of ether oxygens (including phenoxy) is 1. The summed E-state index contributed by atoms with van der Waals surface area (Å²) in [6.45, 7) is 7.06. The molecule has 1 rings (SSSR count). The number of carbonyl (C=O) groups is 1. The third-order valence-electron chi connectivity index (χ3n) is 2.33.